The second kappa shape index (κ2) is 8.41. The SMILES string of the molecule is CC(C)Oc1ccc(C(=O)OCCNC(=O)OC(C)(C)C)cc1. The van der Waals surface area contributed by atoms with Gasteiger partial charge in [-0.25, -0.2) is 9.59 Å². The summed E-state index contributed by atoms with van der Waals surface area (Å²) in [4.78, 5) is 23.3. The maximum atomic E-state index is 11.8. The number of carbonyl (C=O) groups is 2. The van der Waals surface area contributed by atoms with E-state index in [0.717, 1.165) is 0 Å². The molecule has 1 N–H and O–H groups in total. The Balaban J connectivity index is 2.32. The molecule has 0 aliphatic carbocycles. The number of hydrogen-bond acceptors (Lipinski definition) is 5. The fourth-order valence-electron chi connectivity index (χ4n) is 1.64. The summed E-state index contributed by atoms with van der Waals surface area (Å²) in [5, 5.41) is 2.52. The molecule has 0 saturated carbocycles. The Labute approximate surface area is 137 Å². The van der Waals surface area contributed by atoms with Crippen LogP contribution in [0.25, 0.3) is 0 Å². The lowest BCUT2D eigenvalue weighted by Gasteiger charge is -2.19. The largest absolute Gasteiger partial charge is 0.491 e. The number of benzene rings is 1. The van der Waals surface area contributed by atoms with Gasteiger partial charge in [0.05, 0.1) is 18.2 Å². The van der Waals surface area contributed by atoms with E-state index in [0.29, 0.717) is 11.3 Å². The number of hydrogen-bond donors (Lipinski definition) is 1. The Bertz CT molecular complexity index is 517. The molecule has 1 rings (SSSR count). The monoisotopic (exact) mass is 323 g/mol. The molecule has 0 radical (unpaired) electrons. The van der Waals surface area contributed by atoms with Gasteiger partial charge in [0.2, 0.25) is 0 Å². The standard InChI is InChI=1S/C17H25NO5/c1-12(2)22-14-8-6-13(7-9-14)15(19)21-11-10-18-16(20)23-17(3,4)5/h6-9,12H,10-11H2,1-5H3,(H,18,20). The molecule has 0 atom stereocenters. The molecule has 0 spiro atoms. The number of alkyl carbamates (subject to hydrolysis) is 1. The van der Waals surface area contributed by atoms with Crippen molar-refractivity contribution in [1.82, 2.24) is 5.32 Å². The Morgan fingerprint density at radius 3 is 2.26 bits per heavy atom. The van der Waals surface area contributed by atoms with Crippen LogP contribution in [0.4, 0.5) is 4.79 Å². The molecule has 23 heavy (non-hydrogen) atoms. The molecule has 128 valence electrons. The summed E-state index contributed by atoms with van der Waals surface area (Å²) in [6, 6.07) is 6.72. The van der Waals surface area contributed by atoms with Gasteiger partial charge >= 0.3 is 12.1 Å². The molecule has 0 unspecified atom stereocenters. The summed E-state index contributed by atoms with van der Waals surface area (Å²) >= 11 is 0. The lowest BCUT2D eigenvalue weighted by atomic mass is 10.2. The van der Waals surface area contributed by atoms with E-state index in [4.69, 9.17) is 14.2 Å². The van der Waals surface area contributed by atoms with Crippen molar-refractivity contribution in [3.05, 3.63) is 29.8 Å². The van der Waals surface area contributed by atoms with Gasteiger partial charge in [-0.2, -0.15) is 0 Å². The van der Waals surface area contributed by atoms with E-state index in [1.807, 2.05) is 13.8 Å². The number of carbonyl (C=O) groups excluding carboxylic acids is 2. The first-order valence-corrected chi connectivity index (χ1v) is 7.58. The van der Waals surface area contributed by atoms with Gasteiger partial charge in [0.1, 0.15) is 18.0 Å². The van der Waals surface area contributed by atoms with E-state index in [9.17, 15) is 9.59 Å². The maximum Gasteiger partial charge on any atom is 0.407 e. The third kappa shape index (κ3) is 8.09. The Kier molecular flexibility index (Phi) is 6.88. The van der Waals surface area contributed by atoms with Gasteiger partial charge in [-0.1, -0.05) is 0 Å². The molecule has 6 nitrogen and oxygen atoms in total. The van der Waals surface area contributed by atoms with Gasteiger partial charge in [0.15, 0.2) is 0 Å². The van der Waals surface area contributed by atoms with Crippen LogP contribution in [-0.2, 0) is 9.47 Å². The van der Waals surface area contributed by atoms with E-state index in [-0.39, 0.29) is 19.3 Å². The van der Waals surface area contributed by atoms with E-state index < -0.39 is 17.7 Å². The van der Waals surface area contributed by atoms with Crippen molar-refractivity contribution in [2.75, 3.05) is 13.2 Å². The van der Waals surface area contributed by atoms with Crippen LogP contribution in [-0.4, -0.2) is 36.9 Å². The van der Waals surface area contributed by atoms with Crippen molar-refractivity contribution in [3.8, 4) is 5.75 Å². The minimum absolute atomic E-state index is 0.0717. The van der Waals surface area contributed by atoms with Crippen LogP contribution in [0.1, 0.15) is 45.0 Å². The molecule has 1 aromatic rings. The van der Waals surface area contributed by atoms with Gasteiger partial charge < -0.3 is 19.5 Å². The summed E-state index contributed by atoms with van der Waals surface area (Å²) in [6.45, 7) is 9.45. The zero-order valence-electron chi connectivity index (χ0n) is 14.3. The van der Waals surface area contributed by atoms with Crippen molar-refractivity contribution in [1.29, 1.82) is 0 Å². The normalized spacial score (nSPS) is 11.0. The van der Waals surface area contributed by atoms with Crippen molar-refractivity contribution >= 4 is 12.1 Å². The smallest absolute Gasteiger partial charge is 0.407 e. The highest BCUT2D eigenvalue weighted by Gasteiger charge is 2.15. The maximum absolute atomic E-state index is 11.8. The molecule has 0 aliphatic rings. The van der Waals surface area contributed by atoms with Crippen LogP contribution in [0.2, 0.25) is 0 Å². The van der Waals surface area contributed by atoms with Gasteiger partial charge in [-0.15, -0.1) is 0 Å². The molecule has 0 heterocycles. The van der Waals surface area contributed by atoms with Gasteiger partial charge in [-0.05, 0) is 58.9 Å². The molecular formula is C17H25NO5. The van der Waals surface area contributed by atoms with Crippen molar-refractivity contribution in [2.45, 2.75) is 46.3 Å². The minimum Gasteiger partial charge on any atom is -0.491 e. The van der Waals surface area contributed by atoms with Crippen molar-refractivity contribution in [2.24, 2.45) is 0 Å². The zero-order chi connectivity index (χ0) is 17.5. The zero-order valence-corrected chi connectivity index (χ0v) is 14.3. The fourth-order valence-corrected chi connectivity index (χ4v) is 1.64. The summed E-state index contributed by atoms with van der Waals surface area (Å²) < 4.78 is 15.6. The van der Waals surface area contributed by atoms with Crippen LogP contribution < -0.4 is 10.1 Å². The lowest BCUT2D eigenvalue weighted by Crippen LogP contribution is -2.34. The van der Waals surface area contributed by atoms with Gasteiger partial charge in [0.25, 0.3) is 0 Å². The quantitative estimate of drug-likeness (QED) is 0.643. The second-order valence-corrected chi connectivity index (χ2v) is 6.26. The van der Waals surface area contributed by atoms with E-state index in [1.165, 1.54) is 0 Å². The van der Waals surface area contributed by atoms with Crippen LogP contribution >= 0.6 is 0 Å². The first-order valence-electron chi connectivity index (χ1n) is 7.58. The van der Waals surface area contributed by atoms with Gasteiger partial charge in [0, 0.05) is 0 Å². The molecule has 0 aliphatic heterocycles. The third-order valence-electron chi connectivity index (χ3n) is 2.47. The second-order valence-electron chi connectivity index (χ2n) is 6.26. The van der Waals surface area contributed by atoms with E-state index in [2.05, 4.69) is 5.32 Å². The highest BCUT2D eigenvalue weighted by Crippen LogP contribution is 2.14. The fraction of sp³-hybridized carbons (Fsp3) is 0.529. The van der Waals surface area contributed by atoms with Crippen LogP contribution in [0, 0.1) is 0 Å². The average Bonchev–Trinajstić information content (AvgIpc) is 2.41. The molecule has 6 heteroatoms. The highest BCUT2D eigenvalue weighted by molar-refractivity contribution is 5.89. The molecule has 0 aromatic heterocycles. The predicted molar refractivity (Wildman–Crippen MR) is 86.7 cm³/mol. The number of esters is 1. The Morgan fingerprint density at radius 1 is 1.13 bits per heavy atom. The first kappa shape index (κ1) is 18.8. The van der Waals surface area contributed by atoms with Crippen LogP contribution in [0.5, 0.6) is 5.75 Å². The lowest BCUT2D eigenvalue weighted by molar-refractivity contribution is 0.0433. The van der Waals surface area contributed by atoms with Gasteiger partial charge in [-0.3, -0.25) is 0 Å². The summed E-state index contributed by atoms with van der Waals surface area (Å²) in [6.07, 6.45) is -0.463. The highest BCUT2D eigenvalue weighted by atomic mass is 16.6. The Morgan fingerprint density at radius 2 is 1.74 bits per heavy atom. The van der Waals surface area contributed by atoms with Crippen molar-refractivity contribution < 1.29 is 23.8 Å². The minimum atomic E-state index is -0.555. The molecule has 1 aromatic carbocycles. The molecule has 0 bridgehead atoms. The van der Waals surface area contributed by atoms with Crippen molar-refractivity contribution in [3.63, 3.8) is 0 Å². The van der Waals surface area contributed by atoms with E-state index in [1.54, 1.807) is 45.0 Å². The summed E-state index contributed by atoms with van der Waals surface area (Å²) in [5.41, 5.74) is -0.126. The summed E-state index contributed by atoms with van der Waals surface area (Å²) in [5.74, 6) is 0.246. The third-order valence-corrected chi connectivity index (χ3v) is 2.47. The number of rotatable bonds is 6. The Hall–Kier alpha value is -2.24. The first-order chi connectivity index (χ1) is 10.7. The number of amides is 1. The number of nitrogens with one attached hydrogen (secondary N) is 1. The average molecular weight is 323 g/mol. The predicted octanol–water partition coefficient (Wildman–Crippen LogP) is 3.16. The molecule has 0 fully saturated rings. The topological polar surface area (TPSA) is 73.9 Å². The number of ether oxygens (including phenoxy) is 3. The molecule has 0 saturated heterocycles. The summed E-state index contributed by atoms with van der Waals surface area (Å²) in [7, 11) is 0. The molecule has 1 amide bonds. The van der Waals surface area contributed by atoms with Crippen LogP contribution in [0.3, 0.4) is 0 Å². The van der Waals surface area contributed by atoms with E-state index >= 15 is 0 Å². The molecular weight excluding hydrogens is 298 g/mol. The van der Waals surface area contributed by atoms with Crippen LogP contribution in [0.15, 0.2) is 24.3 Å².